The van der Waals surface area contributed by atoms with E-state index in [1.165, 1.54) is 5.39 Å². The zero-order valence-electron chi connectivity index (χ0n) is 11.0. The molecule has 0 fully saturated rings. The lowest BCUT2D eigenvalue weighted by molar-refractivity contribution is 1.28. The quantitative estimate of drug-likeness (QED) is 0.721. The van der Waals surface area contributed by atoms with Gasteiger partial charge in [-0.25, -0.2) is 4.98 Å². The van der Waals surface area contributed by atoms with E-state index in [1.807, 2.05) is 37.3 Å². The molecule has 0 atom stereocenters. The highest BCUT2D eigenvalue weighted by Crippen LogP contribution is 2.31. The Morgan fingerprint density at radius 3 is 2.60 bits per heavy atom. The summed E-state index contributed by atoms with van der Waals surface area (Å²) in [6.45, 7) is 1.97. The van der Waals surface area contributed by atoms with E-state index in [0.717, 1.165) is 26.9 Å². The number of hydrogen-bond acceptors (Lipinski definition) is 3. The number of aromatic nitrogens is 1. The van der Waals surface area contributed by atoms with Crippen LogP contribution in [0.2, 0.25) is 0 Å². The van der Waals surface area contributed by atoms with Crippen LogP contribution >= 0.6 is 15.9 Å². The van der Waals surface area contributed by atoms with E-state index in [-0.39, 0.29) is 0 Å². The summed E-state index contributed by atoms with van der Waals surface area (Å²) in [6.07, 6.45) is 1.68. The fourth-order valence-corrected chi connectivity index (χ4v) is 2.62. The van der Waals surface area contributed by atoms with Crippen molar-refractivity contribution in [2.24, 2.45) is 0 Å². The van der Waals surface area contributed by atoms with Crippen molar-refractivity contribution < 1.29 is 0 Å². The number of nitrogens with zero attached hydrogens (tertiary/aromatic N) is 1. The molecule has 4 heteroatoms. The number of aryl methyl sites for hydroxylation is 1. The van der Waals surface area contributed by atoms with Gasteiger partial charge in [0, 0.05) is 15.5 Å². The average Bonchev–Trinajstić information content (AvgIpc) is 2.46. The lowest BCUT2D eigenvalue weighted by Crippen LogP contribution is -1.97. The van der Waals surface area contributed by atoms with Gasteiger partial charge in [0.15, 0.2) is 0 Å². The molecule has 0 amide bonds. The number of pyridine rings is 1. The molecule has 0 aliphatic rings. The molecule has 0 unspecified atom stereocenters. The maximum atomic E-state index is 5.80. The van der Waals surface area contributed by atoms with Crippen LogP contribution in [0.1, 0.15) is 5.56 Å². The highest BCUT2D eigenvalue weighted by Gasteiger charge is 2.05. The second-order valence-corrected chi connectivity index (χ2v) is 5.55. The molecule has 100 valence electrons. The minimum atomic E-state index is 0.705. The molecular formula is C16H14BrN3. The lowest BCUT2D eigenvalue weighted by atomic mass is 10.1. The summed E-state index contributed by atoms with van der Waals surface area (Å²) in [7, 11) is 0. The normalized spacial score (nSPS) is 10.7. The third-order valence-corrected chi connectivity index (χ3v) is 3.98. The van der Waals surface area contributed by atoms with Gasteiger partial charge in [0.1, 0.15) is 5.82 Å². The Morgan fingerprint density at radius 1 is 1.10 bits per heavy atom. The summed E-state index contributed by atoms with van der Waals surface area (Å²) in [6, 6.07) is 14.3. The van der Waals surface area contributed by atoms with Crippen LogP contribution in [0.4, 0.5) is 17.2 Å². The van der Waals surface area contributed by atoms with Crippen molar-refractivity contribution in [3.8, 4) is 0 Å². The summed E-state index contributed by atoms with van der Waals surface area (Å²) < 4.78 is 1.08. The minimum Gasteiger partial charge on any atom is -0.397 e. The zero-order chi connectivity index (χ0) is 14.1. The van der Waals surface area contributed by atoms with Crippen LogP contribution in [-0.4, -0.2) is 4.98 Å². The summed E-state index contributed by atoms with van der Waals surface area (Å²) >= 11 is 3.58. The van der Waals surface area contributed by atoms with Crippen molar-refractivity contribution >= 4 is 43.9 Å². The fraction of sp³-hybridized carbons (Fsp3) is 0.0625. The number of anilines is 3. The van der Waals surface area contributed by atoms with Crippen LogP contribution in [0, 0.1) is 6.92 Å². The maximum absolute atomic E-state index is 5.80. The number of nitrogens with two attached hydrogens (primary N) is 1. The standard InChI is InChI=1S/C16H14BrN3/c1-10-8-16(19-9-14(10)18)20-15-7-6-13(17)11-4-2-3-5-12(11)15/h2-9H,18H2,1H3,(H,19,20). The molecule has 0 spiro atoms. The monoisotopic (exact) mass is 327 g/mol. The molecule has 1 heterocycles. The molecule has 0 saturated heterocycles. The highest BCUT2D eigenvalue weighted by atomic mass is 79.9. The largest absolute Gasteiger partial charge is 0.397 e. The van der Waals surface area contributed by atoms with Gasteiger partial charge in [-0.1, -0.05) is 40.2 Å². The topological polar surface area (TPSA) is 50.9 Å². The predicted molar refractivity (Wildman–Crippen MR) is 88.3 cm³/mol. The molecule has 3 nitrogen and oxygen atoms in total. The molecular weight excluding hydrogens is 314 g/mol. The molecule has 3 N–H and O–H groups in total. The number of nitrogen functional groups attached to an aromatic ring is 1. The van der Waals surface area contributed by atoms with Crippen LogP contribution in [0.5, 0.6) is 0 Å². The van der Waals surface area contributed by atoms with E-state index in [4.69, 9.17) is 5.73 Å². The minimum absolute atomic E-state index is 0.705. The summed E-state index contributed by atoms with van der Waals surface area (Å²) in [5.74, 6) is 0.796. The number of rotatable bonds is 2. The molecule has 1 aromatic heterocycles. The van der Waals surface area contributed by atoms with E-state index < -0.39 is 0 Å². The maximum Gasteiger partial charge on any atom is 0.130 e. The molecule has 20 heavy (non-hydrogen) atoms. The van der Waals surface area contributed by atoms with E-state index >= 15 is 0 Å². The van der Waals surface area contributed by atoms with Gasteiger partial charge in [0.2, 0.25) is 0 Å². The van der Waals surface area contributed by atoms with Gasteiger partial charge in [-0.2, -0.15) is 0 Å². The van der Waals surface area contributed by atoms with E-state index in [0.29, 0.717) is 5.69 Å². The molecule has 0 saturated carbocycles. The second-order valence-electron chi connectivity index (χ2n) is 4.69. The SMILES string of the molecule is Cc1cc(Nc2ccc(Br)c3ccccc23)ncc1N. The molecule has 0 bridgehead atoms. The Morgan fingerprint density at radius 2 is 1.85 bits per heavy atom. The number of hydrogen-bond donors (Lipinski definition) is 2. The third kappa shape index (κ3) is 2.34. The molecule has 3 rings (SSSR count). The van der Waals surface area contributed by atoms with Crippen LogP contribution in [-0.2, 0) is 0 Å². The Balaban J connectivity index is 2.06. The Kier molecular flexibility index (Phi) is 3.32. The molecule has 0 aliphatic carbocycles. The van der Waals surface area contributed by atoms with E-state index in [1.54, 1.807) is 6.20 Å². The average molecular weight is 328 g/mol. The molecule has 3 aromatic rings. The van der Waals surface area contributed by atoms with Crippen LogP contribution in [0.25, 0.3) is 10.8 Å². The second kappa shape index (κ2) is 5.13. The smallest absolute Gasteiger partial charge is 0.130 e. The van der Waals surface area contributed by atoms with E-state index in [2.05, 4.69) is 38.4 Å². The Hall–Kier alpha value is -2.07. The van der Waals surface area contributed by atoms with Crippen LogP contribution in [0.15, 0.2) is 53.1 Å². The number of nitrogens with one attached hydrogen (secondary N) is 1. The van der Waals surface area contributed by atoms with Crippen LogP contribution in [0.3, 0.4) is 0 Å². The highest BCUT2D eigenvalue weighted by molar-refractivity contribution is 9.10. The Bertz CT molecular complexity index is 784. The zero-order valence-corrected chi connectivity index (χ0v) is 12.6. The fourth-order valence-electron chi connectivity index (χ4n) is 2.14. The van der Waals surface area contributed by atoms with Gasteiger partial charge in [0.05, 0.1) is 11.9 Å². The van der Waals surface area contributed by atoms with Gasteiger partial charge < -0.3 is 11.1 Å². The molecule has 0 radical (unpaired) electrons. The first-order valence-electron chi connectivity index (χ1n) is 6.31. The van der Waals surface area contributed by atoms with Crippen molar-refractivity contribution in [2.45, 2.75) is 6.92 Å². The van der Waals surface area contributed by atoms with Crippen molar-refractivity contribution in [3.05, 3.63) is 58.7 Å². The summed E-state index contributed by atoms with van der Waals surface area (Å²) in [5, 5.41) is 5.68. The number of halogens is 1. The van der Waals surface area contributed by atoms with Crippen molar-refractivity contribution in [3.63, 3.8) is 0 Å². The number of benzene rings is 2. The third-order valence-electron chi connectivity index (χ3n) is 3.28. The lowest BCUT2D eigenvalue weighted by Gasteiger charge is -2.11. The first-order valence-corrected chi connectivity index (χ1v) is 7.11. The van der Waals surface area contributed by atoms with Gasteiger partial charge in [-0.05, 0) is 36.1 Å². The predicted octanol–water partition coefficient (Wildman–Crippen LogP) is 4.63. The van der Waals surface area contributed by atoms with Crippen molar-refractivity contribution in [1.82, 2.24) is 4.98 Å². The van der Waals surface area contributed by atoms with Gasteiger partial charge in [0.25, 0.3) is 0 Å². The molecule has 2 aromatic carbocycles. The first-order chi connectivity index (χ1) is 9.65. The summed E-state index contributed by atoms with van der Waals surface area (Å²) in [5.41, 5.74) is 8.55. The van der Waals surface area contributed by atoms with Gasteiger partial charge in [-0.15, -0.1) is 0 Å². The number of fused-ring (bicyclic) bond motifs is 1. The van der Waals surface area contributed by atoms with Gasteiger partial charge >= 0.3 is 0 Å². The van der Waals surface area contributed by atoms with Crippen molar-refractivity contribution in [1.29, 1.82) is 0 Å². The Labute approximate surface area is 126 Å². The van der Waals surface area contributed by atoms with Gasteiger partial charge in [-0.3, -0.25) is 0 Å². The van der Waals surface area contributed by atoms with E-state index in [9.17, 15) is 0 Å². The molecule has 0 aliphatic heterocycles. The first kappa shape index (κ1) is 12.9. The summed E-state index contributed by atoms with van der Waals surface area (Å²) in [4.78, 5) is 4.32. The van der Waals surface area contributed by atoms with Crippen molar-refractivity contribution in [2.75, 3.05) is 11.1 Å². The van der Waals surface area contributed by atoms with Crippen LogP contribution < -0.4 is 11.1 Å².